The number of fused-ring (bicyclic) bond motifs is 1. The Hall–Kier alpha value is -2.70. The lowest BCUT2D eigenvalue weighted by Gasteiger charge is -2.33. The maximum Gasteiger partial charge on any atom is 0.242 e. The first-order valence-electron chi connectivity index (χ1n) is 9.71. The molecule has 0 spiro atoms. The number of morpholine rings is 1. The number of benzene rings is 1. The van der Waals surface area contributed by atoms with E-state index < -0.39 is 0 Å². The lowest BCUT2D eigenvalue weighted by atomic mass is 10.1. The zero-order chi connectivity index (χ0) is 19.5. The molecule has 4 rings (SSSR count). The Bertz CT molecular complexity index is 961. The quantitative estimate of drug-likeness (QED) is 0.716. The van der Waals surface area contributed by atoms with Crippen molar-refractivity contribution in [3.05, 3.63) is 65.1 Å². The van der Waals surface area contributed by atoms with Crippen LogP contribution in [0.2, 0.25) is 0 Å². The van der Waals surface area contributed by atoms with Gasteiger partial charge in [-0.05, 0) is 48.7 Å². The molecule has 0 unspecified atom stereocenters. The predicted molar refractivity (Wildman–Crippen MR) is 109 cm³/mol. The number of carbonyl (C=O) groups is 1. The number of carbonyl (C=O) groups excluding carboxylic acids is 1. The second-order valence-electron chi connectivity index (χ2n) is 7.31. The summed E-state index contributed by atoms with van der Waals surface area (Å²) in [4.78, 5) is 22.9. The summed E-state index contributed by atoms with van der Waals surface area (Å²) in [5, 5.41) is 4.34. The standard InChI is InChI=1S/C22H26N4O2/c1-15-16(2)25-20-6-5-17(12-19(15)20)13-24-22(27)21(18-4-3-7-23-14-18)26-8-10-28-11-9-26/h3-7,12,14,21,25H,8-11,13H2,1-2H3,(H,24,27)/t21-/m1/s1. The van der Waals surface area contributed by atoms with Crippen LogP contribution in [0.15, 0.2) is 42.7 Å². The number of pyridine rings is 1. The molecule has 2 aromatic heterocycles. The Morgan fingerprint density at radius 1 is 1.29 bits per heavy atom. The first kappa shape index (κ1) is 18.7. The van der Waals surface area contributed by atoms with Gasteiger partial charge < -0.3 is 15.0 Å². The van der Waals surface area contributed by atoms with Gasteiger partial charge in [-0.2, -0.15) is 0 Å². The average molecular weight is 378 g/mol. The van der Waals surface area contributed by atoms with Gasteiger partial charge in [0, 0.05) is 48.6 Å². The van der Waals surface area contributed by atoms with Crippen LogP contribution in [0.4, 0.5) is 0 Å². The molecular weight excluding hydrogens is 352 g/mol. The first-order chi connectivity index (χ1) is 13.6. The molecule has 1 fully saturated rings. The third kappa shape index (κ3) is 3.79. The smallest absolute Gasteiger partial charge is 0.242 e. The van der Waals surface area contributed by atoms with Crippen LogP contribution in [0, 0.1) is 13.8 Å². The van der Waals surface area contributed by atoms with Gasteiger partial charge >= 0.3 is 0 Å². The fraction of sp³-hybridized carbons (Fsp3) is 0.364. The highest BCUT2D eigenvalue weighted by molar-refractivity contribution is 5.86. The van der Waals surface area contributed by atoms with Gasteiger partial charge in [-0.25, -0.2) is 0 Å². The number of aromatic nitrogens is 2. The SMILES string of the molecule is Cc1[nH]c2ccc(CNC(=O)[C@@H](c3cccnc3)N3CCOCC3)cc2c1C. The number of hydrogen-bond acceptors (Lipinski definition) is 4. The van der Waals surface area contributed by atoms with E-state index in [4.69, 9.17) is 4.74 Å². The number of hydrogen-bond donors (Lipinski definition) is 2. The second-order valence-corrected chi connectivity index (χ2v) is 7.31. The maximum absolute atomic E-state index is 13.1. The van der Waals surface area contributed by atoms with Crippen LogP contribution in [0.5, 0.6) is 0 Å². The molecule has 28 heavy (non-hydrogen) atoms. The summed E-state index contributed by atoms with van der Waals surface area (Å²) in [5.74, 6) is -0.00281. The molecule has 1 aliphatic rings. The molecule has 1 aliphatic heterocycles. The Labute approximate surface area is 164 Å². The summed E-state index contributed by atoms with van der Waals surface area (Å²) in [6.45, 7) is 7.46. The van der Waals surface area contributed by atoms with Gasteiger partial charge in [-0.15, -0.1) is 0 Å². The fourth-order valence-corrected chi connectivity index (χ4v) is 3.81. The zero-order valence-corrected chi connectivity index (χ0v) is 16.4. The monoisotopic (exact) mass is 378 g/mol. The molecule has 0 radical (unpaired) electrons. The van der Waals surface area contributed by atoms with Gasteiger partial charge in [0.05, 0.1) is 13.2 Å². The molecule has 1 amide bonds. The minimum atomic E-state index is -0.349. The van der Waals surface area contributed by atoms with Crippen molar-refractivity contribution >= 4 is 16.8 Å². The summed E-state index contributed by atoms with van der Waals surface area (Å²) < 4.78 is 5.46. The van der Waals surface area contributed by atoms with Crippen molar-refractivity contribution in [2.45, 2.75) is 26.4 Å². The number of rotatable bonds is 5. The summed E-state index contributed by atoms with van der Waals surface area (Å²) >= 11 is 0. The lowest BCUT2D eigenvalue weighted by molar-refractivity contribution is -0.128. The normalized spacial score (nSPS) is 16.2. The summed E-state index contributed by atoms with van der Waals surface area (Å²) in [5.41, 5.74) is 5.57. The molecule has 3 heterocycles. The summed E-state index contributed by atoms with van der Waals surface area (Å²) in [7, 11) is 0. The fourth-order valence-electron chi connectivity index (χ4n) is 3.81. The topological polar surface area (TPSA) is 70.2 Å². The largest absolute Gasteiger partial charge is 0.379 e. The van der Waals surface area contributed by atoms with Gasteiger partial charge in [0.2, 0.25) is 5.91 Å². The highest BCUT2D eigenvalue weighted by Gasteiger charge is 2.29. The number of ether oxygens (including phenoxy) is 1. The van der Waals surface area contributed by atoms with Crippen LogP contribution in [0.25, 0.3) is 10.9 Å². The van der Waals surface area contributed by atoms with Crippen molar-refractivity contribution in [3.8, 4) is 0 Å². The number of H-pyrrole nitrogens is 1. The lowest BCUT2D eigenvalue weighted by Crippen LogP contribution is -2.45. The molecule has 0 saturated carbocycles. The van der Waals surface area contributed by atoms with Crippen molar-refractivity contribution < 1.29 is 9.53 Å². The van der Waals surface area contributed by atoms with E-state index in [0.717, 1.165) is 29.7 Å². The van der Waals surface area contributed by atoms with Crippen molar-refractivity contribution in [2.75, 3.05) is 26.3 Å². The van der Waals surface area contributed by atoms with E-state index in [9.17, 15) is 4.79 Å². The van der Waals surface area contributed by atoms with Crippen LogP contribution < -0.4 is 5.32 Å². The Balaban J connectivity index is 1.52. The van der Waals surface area contributed by atoms with Gasteiger partial charge in [0.15, 0.2) is 0 Å². The number of nitrogens with zero attached hydrogens (tertiary/aromatic N) is 2. The van der Waals surface area contributed by atoms with Crippen molar-refractivity contribution in [1.29, 1.82) is 0 Å². The van der Waals surface area contributed by atoms with E-state index in [0.29, 0.717) is 19.8 Å². The third-order valence-corrected chi connectivity index (χ3v) is 5.50. The number of aromatic amines is 1. The van der Waals surface area contributed by atoms with Gasteiger partial charge in [-0.1, -0.05) is 12.1 Å². The average Bonchev–Trinajstić information content (AvgIpc) is 3.02. The molecular formula is C22H26N4O2. The Morgan fingerprint density at radius 2 is 2.11 bits per heavy atom. The maximum atomic E-state index is 13.1. The number of amides is 1. The molecule has 0 aliphatic carbocycles. The van der Waals surface area contributed by atoms with Crippen LogP contribution >= 0.6 is 0 Å². The van der Waals surface area contributed by atoms with Gasteiger partial charge in [0.1, 0.15) is 6.04 Å². The highest BCUT2D eigenvalue weighted by Crippen LogP contribution is 2.24. The molecule has 3 aromatic rings. The molecule has 146 valence electrons. The number of aryl methyl sites for hydroxylation is 2. The van der Waals surface area contributed by atoms with Gasteiger partial charge in [-0.3, -0.25) is 14.7 Å². The Kier molecular flexibility index (Phi) is 5.41. The third-order valence-electron chi connectivity index (χ3n) is 5.50. The van der Waals surface area contributed by atoms with Crippen LogP contribution in [0.3, 0.4) is 0 Å². The van der Waals surface area contributed by atoms with Crippen molar-refractivity contribution in [3.63, 3.8) is 0 Å². The summed E-state index contributed by atoms with van der Waals surface area (Å²) in [6.07, 6.45) is 3.51. The van der Waals surface area contributed by atoms with Crippen LogP contribution in [0.1, 0.15) is 28.4 Å². The first-order valence-corrected chi connectivity index (χ1v) is 9.71. The van der Waals surface area contributed by atoms with Crippen molar-refractivity contribution in [2.24, 2.45) is 0 Å². The molecule has 6 nitrogen and oxygen atoms in total. The highest BCUT2D eigenvalue weighted by atomic mass is 16.5. The van der Waals surface area contributed by atoms with E-state index >= 15 is 0 Å². The van der Waals surface area contributed by atoms with E-state index in [1.54, 1.807) is 12.4 Å². The zero-order valence-electron chi connectivity index (χ0n) is 16.4. The van der Waals surface area contributed by atoms with E-state index in [2.05, 4.69) is 52.2 Å². The second kappa shape index (κ2) is 8.12. The van der Waals surface area contributed by atoms with E-state index in [-0.39, 0.29) is 11.9 Å². The predicted octanol–water partition coefficient (Wildman–Crippen LogP) is 2.87. The molecule has 2 N–H and O–H groups in total. The molecule has 0 bridgehead atoms. The van der Waals surface area contributed by atoms with Crippen LogP contribution in [-0.4, -0.2) is 47.1 Å². The summed E-state index contributed by atoms with van der Waals surface area (Å²) in [6, 6.07) is 9.79. The van der Waals surface area contributed by atoms with E-state index in [1.807, 2.05) is 12.1 Å². The molecule has 1 aromatic carbocycles. The Morgan fingerprint density at radius 3 is 2.86 bits per heavy atom. The molecule has 6 heteroatoms. The van der Waals surface area contributed by atoms with E-state index in [1.165, 1.54) is 16.6 Å². The number of nitrogens with one attached hydrogen (secondary N) is 2. The van der Waals surface area contributed by atoms with Crippen molar-refractivity contribution in [1.82, 2.24) is 20.2 Å². The molecule has 1 saturated heterocycles. The molecule has 1 atom stereocenters. The van der Waals surface area contributed by atoms with Crippen LogP contribution in [-0.2, 0) is 16.1 Å². The minimum absolute atomic E-state index is 0.00281. The minimum Gasteiger partial charge on any atom is -0.379 e. The van der Waals surface area contributed by atoms with Gasteiger partial charge in [0.25, 0.3) is 0 Å².